The van der Waals surface area contributed by atoms with Crippen LogP contribution in [-0.4, -0.2) is 18.1 Å². The van der Waals surface area contributed by atoms with Crippen molar-refractivity contribution in [2.24, 2.45) is 0 Å². The smallest absolute Gasteiger partial charge is 0.241 e. The van der Waals surface area contributed by atoms with Gasteiger partial charge in [-0.25, -0.2) is 4.39 Å². The number of rotatable bonds is 2. The number of para-hydroxylation sites is 1. The molecule has 1 amide bonds. The van der Waals surface area contributed by atoms with Gasteiger partial charge >= 0.3 is 0 Å². The summed E-state index contributed by atoms with van der Waals surface area (Å²) in [5.41, 5.74) is 1.37. The number of nitrogens with zero attached hydrogens (tertiary/aromatic N) is 1. The van der Waals surface area contributed by atoms with Crippen LogP contribution in [0.2, 0.25) is 5.02 Å². The zero-order chi connectivity index (χ0) is 17.8. The molecular weight excluding hydrogens is 339 g/mol. The van der Waals surface area contributed by atoms with Gasteiger partial charge in [0.1, 0.15) is 11.5 Å². The van der Waals surface area contributed by atoms with Gasteiger partial charge in [-0.2, -0.15) is 0 Å². The fourth-order valence-electron chi connectivity index (χ4n) is 4.01. The molecule has 0 aliphatic carbocycles. The number of amides is 1. The Balaban J connectivity index is 1.87. The second kappa shape index (κ2) is 5.33. The first-order chi connectivity index (χ1) is 11.9. The van der Waals surface area contributed by atoms with E-state index in [0.29, 0.717) is 10.6 Å². The van der Waals surface area contributed by atoms with E-state index in [1.807, 2.05) is 24.3 Å². The van der Waals surface area contributed by atoms with Crippen LogP contribution in [0.5, 0.6) is 0 Å². The van der Waals surface area contributed by atoms with Crippen LogP contribution in [0, 0.1) is 5.82 Å². The van der Waals surface area contributed by atoms with Gasteiger partial charge in [0.05, 0.1) is 11.6 Å². The molecule has 2 heterocycles. The molecule has 1 saturated heterocycles. The number of carbonyl (C=O) groups is 1. The highest BCUT2D eigenvalue weighted by Gasteiger charge is 2.59. The quantitative estimate of drug-likeness (QED) is 0.878. The lowest BCUT2D eigenvalue weighted by molar-refractivity contribution is -0.118. The minimum Gasteiger partial charge on any atom is -0.335 e. The van der Waals surface area contributed by atoms with Crippen molar-refractivity contribution in [1.29, 1.82) is 0 Å². The molecule has 0 spiro atoms. The number of carbonyl (C=O) groups excluding carboxylic acids is 1. The summed E-state index contributed by atoms with van der Waals surface area (Å²) in [6, 6.07) is 12.7. The standard InChI is InChI=1S/C20H18ClFN2O/c1-19(2)14-6-3-4-9-17(14)24-12-18(25)23-20(19,24)11-10-13-15(21)7-5-8-16(13)22/h3-11H,12H2,1-2H3,(H,23,25)/b11-10+/t20-/m1/s1. The van der Waals surface area contributed by atoms with Crippen LogP contribution in [0.25, 0.3) is 6.08 Å². The third kappa shape index (κ3) is 2.13. The normalized spacial score (nSPS) is 23.7. The molecule has 0 unspecified atom stereocenters. The van der Waals surface area contributed by atoms with Crippen LogP contribution < -0.4 is 10.2 Å². The zero-order valence-corrected chi connectivity index (χ0v) is 14.8. The number of benzene rings is 2. The maximum Gasteiger partial charge on any atom is 0.241 e. The van der Waals surface area contributed by atoms with Crippen LogP contribution in [0.3, 0.4) is 0 Å². The SMILES string of the molecule is CC1(C)c2ccccc2N2CC(=O)N[C@]21/C=C/c1c(F)cccc1Cl. The van der Waals surface area contributed by atoms with E-state index < -0.39 is 5.66 Å². The molecule has 5 heteroatoms. The Kier molecular flexibility index (Phi) is 3.45. The summed E-state index contributed by atoms with van der Waals surface area (Å²) < 4.78 is 14.2. The molecule has 4 rings (SSSR count). The molecule has 1 atom stereocenters. The summed E-state index contributed by atoms with van der Waals surface area (Å²) in [7, 11) is 0. The summed E-state index contributed by atoms with van der Waals surface area (Å²) in [6.45, 7) is 4.45. The highest BCUT2D eigenvalue weighted by molar-refractivity contribution is 6.32. The second-order valence-corrected chi connectivity index (χ2v) is 7.42. The van der Waals surface area contributed by atoms with Crippen LogP contribution in [0.15, 0.2) is 48.5 Å². The predicted molar refractivity (Wildman–Crippen MR) is 98.1 cm³/mol. The monoisotopic (exact) mass is 356 g/mol. The number of hydrogen-bond donors (Lipinski definition) is 1. The van der Waals surface area contributed by atoms with Crippen molar-refractivity contribution in [2.45, 2.75) is 24.9 Å². The van der Waals surface area contributed by atoms with E-state index in [9.17, 15) is 9.18 Å². The average Bonchev–Trinajstić information content (AvgIpc) is 2.99. The highest BCUT2D eigenvalue weighted by atomic mass is 35.5. The minimum atomic E-state index is -0.751. The fraction of sp³-hybridized carbons (Fsp3) is 0.250. The largest absolute Gasteiger partial charge is 0.335 e. The molecule has 128 valence electrons. The molecular formula is C20H18ClFN2O. The maximum absolute atomic E-state index is 14.2. The van der Waals surface area contributed by atoms with Gasteiger partial charge in [-0.3, -0.25) is 4.79 Å². The number of hydrogen-bond acceptors (Lipinski definition) is 2. The summed E-state index contributed by atoms with van der Waals surface area (Å²) >= 11 is 6.15. The van der Waals surface area contributed by atoms with Crippen molar-refractivity contribution >= 4 is 29.3 Å². The first kappa shape index (κ1) is 16.2. The van der Waals surface area contributed by atoms with Gasteiger partial charge in [0.2, 0.25) is 5.91 Å². The number of nitrogens with one attached hydrogen (secondary N) is 1. The lowest BCUT2D eigenvalue weighted by Crippen LogP contribution is -2.58. The molecule has 2 aromatic carbocycles. The molecule has 0 bridgehead atoms. The Morgan fingerprint density at radius 3 is 2.72 bits per heavy atom. The lowest BCUT2D eigenvalue weighted by atomic mass is 9.75. The highest BCUT2D eigenvalue weighted by Crippen LogP contribution is 2.52. The van der Waals surface area contributed by atoms with Gasteiger partial charge in [0.15, 0.2) is 0 Å². The van der Waals surface area contributed by atoms with Crippen LogP contribution in [0.1, 0.15) is 25.0 Å². The van der Waals surface area contributed by atoms with Crippen molar-refractivity contribution in [3.05, 3.63) is 70.5 Å². The third-order valence-electron chi connectivity index (χ3n) is 5.37. The molecule has 1 fully saturated rings. The zero-order valence-electron chi connectivity index (χ0n) is 14.0. The van der Waals surface area contributed by atoms with Gasteiger partial charge < -0.3 is 10.2 Å². The first-order valence-electron chi connectivity index (χ1n) is 8.18. The molecule has 3 nitrogen and oxygen atoms in total. The molecule has 2 aliphatic rings. The van der Waals surface area contributed by atoms with Crippen LogP contribution in [0.4, 0.5) is 10.1 Å². The van der Waals surface area contributed by atoms with Crippen molar-refractivity contribution in [3.63, 3.8) is 0 Å². The van der Waals surface area contributed by atoms with Crippen LogP contribution >= 0.6 is 11.6 Å². The van der Waals surface area contributed by atoms with E-state index in [0.717, 1.165) is 11.3 Å². The van der Waals surface area contributed by atoms with Crippen molar-refractivity contribution in [1.82, 2.24) is 5.32 Å². The minimum absolute atomic E-state index is 0.0492. The van der Waals surface area contributed by atoms with Crippen LogP contribution in [-0.2, 0) is 10.2 Å². The van der Waals surface area contributed by atoms with E-state index in [2.05, 4.69) is 30.1 Å². The van der Waals surface area contributed by atoms with E-state index in [1.165, 1.54) is 6.07 Å². The van der Waals surface area contributed by atoms with Gasteiger partial charge in [-0.15, -0.1) is 0 Å². The summed E-state index contributed by atoms with van der Waals surface area (Å²) in [4.78, 5) is 14.3. The average molecular weight is 357 g/mol. The molecule has 25 heavy (non-hydrogen) atoms. The first-order valence-corrected chi connectivity index (χ1v) is 8.56. The van der Waals surface area contributed by atoms with Gasteiger partial charge in [0.25, 0.3) is 0 Å². The molecule has 2 aromatic rings. The third-order valence-corrected chi connectivity index (χ3v) is 5.70. The Labute approximate surface area is 151 Å². The van der Waals surface area contributed by atoms with Crippen molar-refractivity contribution < 1.29 is 9.18 Å². The number of halogens is 2. The molecule has 2 aliphatic heterocycles. The van der Waals surface area contributed by atoms with E-state index in [4.69, 9.17) is 11.6 Å². The topological polar surface area (TPSA) is 32.3 Å². The molecule has 1 N–H and O–H groups in total. The van der Waals surface area contributed by atoms with E-state index in [-0.39, 0.29) is 23.7 Å². The Hall–Kier alpha value is -2.33. The van der Waals surface area contributed by atoms with Gasteiger partial charge in [-0.05, 0) is 29.8 Å². The van der Waals surface area contributed by atoms with E-state index in [1.54, 1.807) is 18.2 Å². The fourth-order valence-corrected chi connectivity index (χ4v) is 4.24. The van der Waals surface area contributed by atoms with Crippen molar-refractivity contribution in [3.8, 4) is 0 Å². The summed E-state index contributed by atoms with van der Waals surface area (Å²) in [5.74, 6) is -0.434. The van der Waals surface area contributed by atoms with Gasteiger partial charge in [0, 0.05) is 16.7 Å². The second-order valence-electron chi connectivity index (χ2n) is 7.01. The summed E-state index contributed by atoms with van der Waals surface area (Å²) in [5, 5.41) is 3.45. The number of fused-ring (bicyclic) bond motifs is 3. The maximum atomic E-state index is 14.2. The molecule has 0 radical (unpaired) electrons. The number of anilines is 1. The lowest BCUT2D eigenvalue weighted by Gasteiger charge is -2.40. The predicted octanol–water partition coefficient (Wildman–Crippen LogP) is 4.12. The Bertz CT molecular complexity index is 888. The van der Waals surface area contributed by atoms with Crippen molar-refractivity contribution in [2.75, 3.05) is 11.4 Å². The van der Waals surface area contributed by atoms with Gasteiger partial charge in [-0.1, -0.05) is 55.8 Å². The molecule has 0 saturated carbocycles. The summed E-state index contributed by atoms with van der Waals surface area (Å²) in [6.07, 6.45) is 3.53. The molecule has 0 aromatic heterocycles. The Morgan fingerprint density at radius 1 is 1.20 bits per heavy atom. The van der Waals surface area contributed by atoms with E-state index >= 15 is 0 Å². The Morgan fingerprint density at radius 2 is 1.96 bits per heavy atom.